The third-order valence-electron chi connectivity index (χ3n) is 5.74. The summed E-state index contributed by atoms with van der Waals surface area (Å²) in [6, 6.07) is 12.6. The minimum atomic E-state index is -0.373. The van der Waals surface area contributed by atoms with Crippen LogP contribution in [0, 0.1) is 0 Å². The number of hydrazine groups is 1. The first kappa shape index (κ1) is 23.7. The van der Waals surface area contributed by atoms with Crippen molar-refractivity contribution in [2.45, 2.75) is 32.3 Å². The van der Waals surface area contributed by atoms with Gasteiger partial charge in [-0.2, -0.15) is 5.10 Å². The number of carbonyl (C=O) groups excluding carboxylic acids is 1. The molecule has 7 nitrogen and oxygen atoms in total. The predicted molar refractivity (Wildman–Crippen MR) is 129 cm³/mol. The number of hydrogen-bond acceptors (Lipinski definition) is 5. The molecule has 174 valence electrons. The zero-order valence-electron chi connectivity index (χ0n) is 18.1. The number of nitrogens with one attached hydrogen (secondary N) is 1. The normalized spacial score (nSPS) is 14.4. The van der Waals surface area contributed by atoms with E-state index in [1.807, 2.05) is 29.3 Å². The van der Waals surface area contributed by atoms with Gasteiger partial charge in [-0.25, -0.2) is 9.69 Å². The average molecular weight is 489 g/mol. The van der Waals surface area contributed by atoms with Gasteiger partial charge in [0.25, 0.3) is 5.91 Å². The lowest BCUT2D eigenvalue weighted by atomic mass is 10.0. The molecule has 3 N–H and O–H groups in total. The molecule has 1 saturated heterocycles. The van der Waals surface area contributed by atoms with E-state index in [4.69, 9.17) is 23.2 Å². The Labute approximate surface area is 202 Å². The molecule has 0 spiro atoms. The average Bonchev–Trinajstić information content (AvgIpc) is 3.20. The van der Waals surface area contributed by atoms with Gasteiger partial charge in [0.1, 0.15) is 0 Å². The number of aliphatic hydroxyl groups excluding tert-OH is 2. The zero-order chi connectivity index (χ0) is 23.4. The number of amides is 1. The lowest BCUT2D eigenvalue weighted by Gasteiger charge is -2.26. The second kappa shape index (κ2) is 10.7. The van der Waals surface area contributed by atoms with Crippen molar-refractivity contribution in [3.8, 4) is 16.9 Å². The summed E-state index contributed by atoms with van der Waals surface area (Å²) in [6.45, 7) is 1.24. The zero-order valence-corrected chi connectivity index (χ0v) is 19.6. The molecular weight excluding hydrogens is 463 g/mol. The number of rotatable bonds is 7. The van der Waals surface area contributed by atoms with Crippen LogP contribution in [0.4, 0.5) is 0 Å². The number of hydrogen-bond donors (Lipinski definition) is 3. The van der Waals surface area contributed by atoms with Crippen LogP contribution in [0.1, 0.15) is 40.9 Å². The molecule has 4 rings (SSSR count). The van der Waals surface area contributed by atoms with Crippen LogP contribution in [-0.2, 0) is 13.0 Å². The third kappa shape index (κ3) is 5.23. The Balaban J connectivity index is 1.82. The van der Waals surface area contributed by atoms with Crippen LogP contribution in [-0.4, -0.2) is 50.6 Å². The number of piperidine rings is 1. The van der Waals surface area contributed by atoms with Crippen LogP contribution in [0.5, 0.6) is 0 Å². The number of nitrogens with zero attached hydrogens (tertiary/aromatic N) is 3. The highest BCUT2D eigenvalue weighted by atomic mass is 35.5. The van der Waals surface area contributed by atoms with Gasteiger partial charge in [0.05, 0.1) is 23.0 Å². The maximum Gasteiger partial charge on any atom is 0.286 e. The number of benzene rings is 2. The van der Waals surface area contributed by atoms with Gasteiger partial charge in [0, 0.05) is 35.8 Å². The molecule has 1 aliphatic heterocycles. The Morgan fingerprint density at radius 2 is 1.76 bits per heavy atom. The van der Waals surface area contributed by atoms with E-state index in [-0.39, 0.29) is 24.8 Å². The monoisotopic (exact) mass is 488 g/mol. The van der Waals surface area contributed by atoms with E-state index in [1.165, 1.54) is 0 Å². The first-order valence-corrected chi connectivity index (χ1v) is 11.7. The van der Waals surface area contributed by atoms with Crippen molar-refractivity contribution in [3.05, 3.63) is 69.3 Å². The van der Waals surface area contributed by atoms with E-state index in [9.17, 15) is 15.0 Å². The summed E-state index contributed by atoms with van der Waals surface area (Å²) in [7, 11) is 0. The Morgan fingerprint density at radius 1 is 1.03 bits per heavy atom. The smallest absolute Gasteiger partial charge is 0.286 e. The molecule has 0 atom stereocenters. The number of carbonyl (C=O) groups is 1. The fourth-order valence-corrected chi connectivity index (χ4v) is 4.56. The van der Waals surface area contributed by atoms with Crippen LogP contribution in [0.2, 0.25) is 10.0 Å². The molecule has 1 aromatic heterocycles. The van der Waals surface area contributed by atoms with E-state index in [2.05, 4.69) is 10.5 Å². The van der Waals surface area contributed by atoms with Crippen LogP contribution < -0.4 is 5.43 Å². The van der Waals surface area contributed by atoms with Gasteiger partial charge in [-0.1, -0.05) is 53.9 Å². The highest BCUT2D eigenvalue weighted by Crippen LogP contribution is 2.33. The highest BCUT2D eigenvalue weighted by molar-refractivity contribution is 6.35. The third-order valence-corrected chi connectivity index (χ3v) is 6.28. The van der Waals surface area contributed by atoms with Gasteiger partial charge >= 0.3 is 0 Å². The topological polar surface area (TPSA) is 90.6 Å². The second-order valence-corrected chi connectivity index (χ2v) is 8.84. The van der Waals surface area contributed by atoms with Crippen molar-refractivity contribution < 1.29 is 15.0 Å². The van der Waals surface area contributed by atoms with Crippen molar-refractivity contribution in [2.24, 2.45) is 0 Å². The van der Waals surface area contributed by atoms with Crippen molar-refractivity contribution in [1.29, 1.82) is 0 Å². The van der Waals surface area contributed by atoms with E-state index in [0.717, 1.165) is 43.5 Å². The van der Waals surface area contributed by atoms with Crippen molar-refractivity contribution in [1.82, 2.24) is 20.2 Å². The number of halogens is 2. The lowest BCUT2D eigenvalue weighted by Crippen LogP contribution is -2.45. The Kier molecular flexibility index (Phi) is 7.67. The van der Waals surface area contributed by atoms with Crippen molar-refractivity contribution >= 4 is 29.1 Å². The summed E-state index contributed by atoms with van der Waals surface area (Å²) in [5, 5.41) is 26.8. The molecule has 0 unspecified atom stereocenters. The minimum Gasteiger partial charge on any atom is -0.396 e. The first-order chi connectivity index (χ1) is 16.0. The molecule has 3 aromatic rings. The molecule has 1 aliphatic rings. The van der Waals surface area contributed by atoms with Crippen LogP contribution in [0.25, 0.3) is 16.9 Å². The maximum atomic E-state index is 13.2. The molecule has 2 aromatic carbocycles. The second-order valence-electron chi connectivity index (χ2n) is 8.00. The van der Waals surface area contributed by atoms with Gasteiger partial charge in [0.2, 0.25) is 0 Å². The molecule has 0 aliphatic carbocycles. The van der Waals surface area contributed by atoms with Gasteiger partial charge < -0.3 is 10.2 Å². The van der Waals surface area contributed by atoms with E-state index in [0.29, 0.717) is 33.4 Å². The van der Waals surface area contributed by atoms with Crippen molar-refractivity contribution in [3.63, 3.8) is 0 Å². The Hall–Kier alpha value is -2.42. The Morgan fingerprint density at radius 3 is 2.39 bits per heavy atom. The van der Waals surface area contributed by atoms with E-state index >= 15 is 0 Å². The van der Waals surface area contributed by atoms with Crippen LogP contribution >= 0.6 is 23.2 Å². The maximum absolute atomic E-state index is 13.2. The van der Waals surface area contributed by atoms with Gasteiger partial charge in [0.15, 0.2) is 5.69 Å². The van der Waals surface area contributed by atoms with Crippen LogP contribution in [0.3, 0.4) is 0 Å². The molecule has 2 heterocycles. The molecule has 0 saturated carbocycles. The molecule has 0 bridgehead atoms. The molecule has 1 amide bonds. The summed E-state index contributed by atoms with van der Waals surface area (Å²) in [4.78, 5) is 13.2. The SMILES string of the molecule is O=C(NN1CCCCC1)c1nn(-c2ccc(Cl)cc2Cl)c(-c2ccc(CCO)cc2)c1CO. The molecule has 0 radical (unpaired) electrons. The summed E-state index contributed by atoms with van der Waals surface area (Å²) in [5.41, 5.74) is 6.33. The summed E-state index contributed by atoms with van der Waals surface area (Å²) in [5.74, 6) is -0.372. The molecular formula is C24H26Cl2N4O3. The van der Waals surface area contributed by atoms with Gasteiger partial charge in [-0.3, -0.25) is 10.2 Å². The van der Waals surface area contributed by atoms with Gasteiger partial charge in [-0.05, 0) is 43.0 Å². The fourth-order valence-electron chi connectivity index (χ4n) is 4.07. The van der Waals surface area contributed by atoms with Gasteiger partial charge in [-0.15, -0.1) is 0 Å². The molecule has 1 fully saturated rings. The van der Waals surface area contributed by atoms with Crippen molar-refractivity contribution in [2.75, 3.05) is 19.7 Å². The quantitative estimate of drug-likeness (QED) is 0.467. The summed E-state index contributed by atoms with van der Waals surface area (Å²) < 4.78 is 1.58. The summed E-state index contributed by atoms with van der Waals surface area (Å²) >= 11 is 12.6. The van der Waals surface area contributed by atoms with E-state index < -0.39 is 0 Å². The number of aromatic nitrogens is 2. The van der Waals surface area contributed by atoms with Crippen LogP contribution in [0.15, 0.2) is 42.5 Å². The first-order valence-electron chi connectivity index (χ1n) is 11.0. The minimum absolute atomic E-state index is 0.0559. The van der Waals surface area contributed by atoms with E-state index in [1.54, 1.807) is 22.9 Å². The largest absolute Gasteiger partial charge is 0.396 e. The molecule has 33 heavy (non-hydrogen) atoms. The highest BCUT2D eigenvalue weighted by Gasteiger charge is 2.26. The number of aliphatic hydroxyl groups is 2. The standard InChI is InChI=1S/C24H26Cl2N4O3/c25-18-8-9-21(20(26)14-18)30-23(17-6-4-16(5-7-17)10-13-31)19(15-32)22(27-30)24(33)28-29-11-2-1-3-12-29/h4-9,14,31-32H,1-3,10-13,15H2,(H,28,33). The lowest BCUT2D eigenvalue weighted by molar-refractivity contribution is 0.0741. The predicted octanol–water partition coefficient (Wildman–Crippen LogP) is 4.00. The fraction of sp³-hybridized carbons (Fsp3) is 0.333. The Bertz CT molecular complexity index is 1130. The summed E-state index contributed by atoms with van der Waals surface area (Å²) in [6.07, 6.45) is 3.73. The molecule has 9 heteroatoms.